The predicted molar refractivity (Wildman–Crippen MR) is 83.7 cm³/mol. The molecule has 0 saturated heterocycles. The molecule has 0 aliphatic heterocycles. The minimum absolute atomic E-state index is 0.0734. The molecule has 0 atom stereocenters. The van der Waals surface area contributed by atoms with Crippen molar-refractivity contribution >= 4 is 28.9 Å². The average Bonchev–Trinajstić information content (AvgIpc) is 2.86. The van der Waals surface area contributed by atoms with Gasteiger partial charge in [0.05, 0.1) is 5.69 Å². The molecule has 0 aliphatic carbocycles. The van der Waals surface area contributed by atoms with E-state index in [4.69, 9.17) is 21.4 Å². The molecular formula is C15H16ClNO3S. The molecule has 0 unspecified atom stereocenters. The van der Waals surface area contributed by atoms with Crippen LogP contribution in [0.15, 0.2) is 17.5 Å². The van der Waals surface area contributed by atoms with Crippen LogP contribution in [-0.2, 0) is 6.61 Å². The summed E-state index contributed by atoms with van der Waals surface area (Å²) in [4.78, 5) is 14.8. The van der Waals surface area contributed by atoms with Crippen LogP contribution in [0.5, 0.6) is 5.75 Å². The minimum Gasteiger partial charge on any atom is -0.487 e. The molecule has 0 bridgehead atoms. The molecule has 0 saturated carbocycles. The number of rotatable bonds is 5. The van der Waals surface area contributed by atoms with Crippen molar-refractivity contribution in [3.05, 3.63) is 44.4 Å². The quantitative estimate of drug-likeness (QED) is 0.879. The smallest absolute Gasteiger partial charge is 0.365 e. The van der Waals surface area contributed by atoms with E-state index in [-0.39, 0.29) is 11.6 Å². The number of nitrogens with zero attached hydrogens (tertiary/aromatic N) is 1. The molecule has 1 heterocycles. The van der Waals surface area contributed by atoms with Gasteiger partial charge in [-0.2, -0.15) is 0 Å². The topological polar surface area (TPSA) is 59.4 Å². The highest BCUT2D eigenvalue weighted by atomic mass is 35.5. The Labute approximate surface area is 132 Å². The highest BCUT2D eigenvalue weighted by molar-refractivity contribution is 7.11. The molecule has 0 aliphatic rings. The number of ether oxygens (including phenoxy) is 1. The van der Waals surface area contributed by atoms with Gasteiger partial charge in [-0.1, -0.05) is 25.4 Å². The molecule has 4 nitrogen and oxygen atoms in total. The van der Waals surface area contributed by atoms with E-state index >= 15 is 0 Å². The van der Waals surface area contributed by atoms with Crippen LogP contribution in [0.2, 0.25) is 5.02 Å². The van der Waals surface area contributed by atoms with E-state index in [2.05, 4.69) is 18.8 Å². The van der Waals surface area contributed by atoms with Gasteiger partial charge in [0.2, 0.25) is 5.01 Å². The summed E-state index contributed by atoms with van der Waals surface area (Å²) in [5, 5.41) is 11.3. The SMILES string of the molecule is Cc1cc(Cl)c(C(C)C)cc1OCc1csc(C(=O)O)n1. The third kappa shape index (κ3) is 3.74. The van der Waals surface area contributed by atoms with Gasteiger partial charge in [-0.15, -0.1) is 11.3 Å². The van der Waals surface area contributed by atoms with Crippen LogP contribution >= 0.6 is 22.9 Å². The first-order valence-electron chi connectivity index (χ1n) is 6.49. The van der Waals surface area contributed by atoms with Crippen LogP contribution in [0.4, 0.5) is 0 Å². The zero-order chi connectivity index (χ0) is 15.6. The molecule has 0 spiro atoms. The first-order valence-corrected chi connectivity index (χ1v) is 7.74. The summed E-state index contributed by atoms with van der Waals surface area (Å²) in [6, 6.07) is 3.82. The average molecular weight is 326 g/mol. The van der Waals surface area contributed by atoms with E-state index in [0.29, 0.717) is 11.6 Å². The Morgan fingerprint density at radius 2 is 2.19 bits per heavy atom. The van der Waals surface area contributed by atoms with Crippen LogP contribution < -0.4 is 4.74 Å². The zero-order valence-electron chi connectivity index (χ0n) is 12.0. The lowest BCUT2D eigenvalue weighted by Gasteiger charge is -2.14. The first-order chi connectivity index (χ1) is 9.88. The number of aromatic carboxylic acids is 1. The van der Waals surface area contributed by atoms with Gasteiger partial charge in [-0.25, -0.2) is 9.78 Å². The Bertz CT molecular complexity index is 667. The molecular weight excluding hydrogens is 310 g/mol. The fourth-order valence-electron chi connectivity index (χ4n) is 1.89. The van der Waals surface area contributed by atoms with Crippen LogP contribution in [0.1, 0.15) is 46.4 Å². The number of benzene rings is 1. The zero-order valence-corrected chi connectivity index (χ0v) is 13.6. The van der Waals surface area contributed by atoms with Gasteiger partial charge in [0.1, 0.15) is 12.4 Å². The number of hydrogen-bond donors (Lipinski definition) is 1. The monoisotopic (exact) mass is 325 g/mol. The van der Waals surface area contributed by atoms with E-state index in [0.717, 1.165) is 33.2 Å². The molecule has 112 valence electrons. The minimum atomic E-state index is -1.02. The molecule has 6 heteroatoms. The van der Waals surface area contributed by atoms with Gasteiger partial charge in [0.25, 0.3) is 0 Å². The largest absolute Gasteiger partial charge is 0.487 e. The molecule has 21 heavy (non-hydrogen) atoms. The summed E-state index contributed by atoms with van der Waals surface area (Å²) in [6.07, 6.45) is 0. The van der Waals surface area contributed by atoms with Crippen LogP contribution in [0.25, 0.3) is 0 Å². The fourth-order valence-corrected chi connectivity index (χ4v) is 2.97. The number of thiazole rings is 1. The number of aryl methyl sites for hydroxylation is 1. The van der Waals surface area contributed by atoms with Gasteiger partial charge in [0, 0.05) is 10.4 Å². The van der Waals surface area contributed by atoms with Crippen LogP contribution in [0.3, 0.4) is 0 Å². The van der Waals surface area contributed by atoms with Crippen molar-refractivity contribution in [1.82, 2.24) is 4.98 Å². The lowest BCUT2D eigenvalue weighted by molar-refractivity contribution is 0.0696. The number of aromatic nitrogens is 1. The summed E-state index contributed by atoms with van der Waals surface area (Å²) in [5.41, 5.74) is 2.58. The van der Waals surface area contributed by atoms with Crippen LogP contribution in [0, 0.1) is 6.92 Å². The Morgan fingerprint density at radius 1 is 1.48 bits per heavy atom. The van der Waals surface area contributed by atoms with E-state index < -0.39 is 5.97 Å². The second-order valence-electron chi connectivity index (χ2n) is 5.03. The van der Waals surface area contributed by atoms with Gasteiger partial charge in [-0.05, 0) is 36.1 Å². The maximum absolute atomic E-state index is 10.8. The number of carbonyl (C=O) groups is 1. The van der Waals surface area contributed by atoms with Crippen LogP contribution in [-0.4, -0.2) is 16.1 Å². The summed E-state index contributed by atoms with van der Waals surface area (Å²) in [7, 11) is 0. The maximum Gasteiger partial charge on any atom is 0.365 e. The Balaban J connectivity index is 2.15. The second kappa shape index (κ2) is 6.45. The molecule has 2 rings (SSSR count). The standard InChI is InChI=1S/C15H16ClNO3S/c1-8(2)11-5-13(9(3)4-12(11)16)20-6-10-7-21-14(17-10)15(18)19/h4-5,7-8H,6H2,1-3H3,(H,18,19). The lowest BCUT2D eigenvalue weighted by Crippen LogP contribution is -2.01. The maximum atomic E-state index is 10.8. The Hall–Kier alpha value is -1.59. The summed E-state index contributed by atoms with van der Waals surface area (Å²) in [6.45, 7) is 6.30. The molecule has 0 radical (unpaired) electrons. The predicted octanol–water partition coefficient (Wildman–Crippen LogP) is 4.51. The van der Waals surface area contributed by atoms with Gasteiger partial charge in [0.15, 0.2) is 0 Å². The second-order valence-corrected chi connectivity index (χ2v) is 6.30. The van der Waals surface area contributed by atoms with Crippen molar-refractivity contribution < 1.29 is 14.6 Å². The van der Waals surface area contributed by atoms with E-state index in [1.807, 2.05) is 19.1 Å². The van der Waals surface area contributed by atoms with Gasteiger partial charge >= 0.3 is 5.97 Å². The van der Waals surface area contributed by atoms with Gasteiger partial charge in [-0.3, -0.25) is 0 Å². The third-order valence-corrected chi connectivity index (χ3v) is 4.23. The molecule has 1 N–H and O–H groups in total. The van der Waals surface area contributed by atoms with Crippen molar-refractivity contribution in [2.24, 2.45) is 0 Å². The normalized spacial score (nSPS) is 10.9. The van der Waals surface area contributed by atoms with E-state index in [9.17, 15) is 4.79 Å². The Kier molecular flexibility index (Phi) is 4.85. The number of carboxylic acids is 1. The molecule has 2 aromatic rings. The van der Waals surface area contributed by atoms with Crippen molar-refractivity contribution in [1.29, 1.82) is 0 Å². The lowest BCUT2D eigenvalue weighted by atomic mass is 10.0. The molecule has 0 fully saturated rings. The van der Waals surface area contributed by atoms with E-state index in [1.165, 1.54) is 0 Å². The third-order valence-electron chi connectivity index (χ3n) is 3.03. The van der Waals surface area contributed by atoms with Crippen molar-refractivity contribution in [2.75, 3.05) is 0 Å². The van der Waals surface area contributed by atoms with Gasteiger partial charge < -0.3 is 9.84 Å². The number of halogens is 1. The first kappa shape index (κ1) is 15.8. The highest BCUT2D eigenvalue weighted by Gasteiger charge is 2.12. The van der Waals surface area contributed by atoms with Crippen molar-refractivity contribution in [3.63, 3.8) is 0 Å². The highest BCUT2D eigenvalue weighted by Crippen LogP contribution is 2.31. The molecule has 1 aromatic carbocycles. The summed E-state index contributed by atoms with van der Waals surface area (Å²) < 4.78 is 5.75. The van der Waals surface area contributed by atoms with Crippen molar-refractivity contribution in [3.8, 4) is 5.75 Å². The van der Waals surface area contributed by atoms with Crippen molar-refractivity contribution in [2.45, 2.75) is 33.3 Å². The summed E-state index contributed by atoms with van der Waals surface area (Å²) >= 11 is 7.32. The fraction of sp³-hybridized carbons (Fsp3) is 0.333. The van der Waals surface area contributed by atoms with E-state index in [1.54, 1.807) is 5.38 Å². The Morgan fingerprint density at radius 3 is 2.76 bits per heavy atom. The molecule has 1 aromatic heterocycles. The number of hydrogen-bond acceptors (Lipinski definition) is 4. The molecule has 0 amide bonds. The summed E-state index contributed by atoms with van der Waals surface area (Å²) in [5.74, 6) is 0.0299. The number of carboxylic acid groups (broad SMARTS) is 1.